The third kappa shape index (κ3) is 6.39. The number of rotatable bonds is 9. The molecule has 0 spiro atoms. The molecule has 2 atom stereocenters. The number of alkyl halides is 2. The number of likely N-dealkylation sites (tertiary alicyclic amines) is 1. The Bertz CT molecular complexity index is 1240. The summed E-state index contributed by atoms with van der Waals surface area (Å²) in [6, 6.07) is 2.34. The molecule has 198 valence electrons. The molecule has 0 radical (unpaired) electrons. The predicted molar refractivity (Wildman–Crippen MR) is 134 cm³/mol. The molecule has 3 heterocycles. The summed E-state index contributed by atoms with van der Waals surface area (Å²) in [4.78, 5) is 34.8. The summed E-state index contributed by atoms with van der Waals surface area (Å²) < 4.78 is 48.4. The predicted octanol–water partition coefficient (Wildman–Crippen LogP) is 4.53. The number of hydrogen-bond acceptors (Lipinski definition) is 8. The van der Waals surface area contributed by atoms with Crippen molar-refractivity contribution in [3.63, 3.8) is 0 Å². The lowest BCUT2D eigenvalue weighted by atomic mass is 9.95. The molecule has 0 amide bonds. The molecule has 0 bridgehead atoms. The van der Waals surface area contributed by atoms with Gasteiger partial charge in [-0.15, -0.1) is 11.3 Å². The molecule has 1 aromatic heterocycles. The van der Waals surface area contributed by atoms with Gasteiger partial charge in [-0.25, -0.2) is 22.9 Å². The quantitative estimate of drug-likeness (QED) is 0.408. The average Bonchev–Trinajstić information content (AvgIpc) is 3.45. The maximum absolute atomic E-state index is 14.4. The highest BCUT2D eigenvalue weighted by Gasteiger charge is 2.46. The standard InChI is InChI=1S/C24H24BrF3N4O4S/c1-2-36-23(35)19-17(11-32-12-24(27,28)10-14(32)4-6-18(33)34)30-21(22-29-7-8-37-22)31-20(19)15-5-3-13(26)9-16(15)25/h3,5,7-9,14,20H,2,4,6,10-12H2,1H3,(H,30,31)(H,33,34)/t14?,20-/m0/s1. The van der Waals surface area contributed by atoms with E-state index in [1.165, 1.54) is 34.4 Å². The molecule has 2 aliphatic rings. The average molecular weight is 601 g/mol. The third-order valence-corrected chi connectivity index (χ3v) is 7.52. The van der Waals surface area contributed by atoms with Gasteiger partial charge in [0.05, 0.1) is 18.7 Å². The number of amidine groups is 1. The molecule has 1 saturated heterocycles. The van der Waals surface area contributed by atoms with E-state index in [0.717, 1.165) is 0 Å². The molecule has 1 unspecified atom stereocenters. The van der Waals surface area contributed by atoms with Crippen LogP contribution < -0.4 is 5.32 Å². The normalized spacial score (nSPS) is 21.5. The van der Waals surface area contributed by atoms with E-state index >= 15 is 0 Å². The molecule has 13 heteroatoms. The summed E-state index contributed by atoms with van der Waals surface area (Å²) in [6.45, 7) is 1.02. The maximum Gasteiger partial charge on any atom is 0.338 e. The highest BCUT2D eigenvalue weighted by molar-refractivity contribution is 9.10. The van der Waals surface area contributed by atoms with Gasteiger partial charge in [0.2, 0.25) is 0 Å². The van der Waals surface area contributed by atoms with Crippen LogP contribution in [0.4, 0.5) is 13.2 Å². The van der Waals surface area contributed by atoms with Crippen molar-refractivity contribution >= 4 is 45.0 Å². The number of aliphatic imine (C=N–C) groups is 1. The van der Waals surface area contributed by atoms with Crippen molar-refractivity contribution in [3.05, 3.63) is 61.9 Å². The van der Waals surface area contributed by atoms with Crippen LogP contribution in [0.5, 0.6) is 0 Å². The number of thiazole rings is 1. The van der Waals surface area contributed by atoms with E-state index < -0.39 is 48.7 Å². The van der Waals surface area contributed by atoms with E-state index in [4.69, 9.17) is 14.8 Å². The van der Waals surface area contributed by atoms with Gasteiger partial charge in [0.1, 0.15) is 11.9 Å². The van der Waals surface area contributed by atoms with Crippen molar-refractivity contribution in [2.45, 2.75) is 44.2 Å². The van der Waals surface area contributed by atoms with Gasteiger partial charge in [0.25, 0.3) is 5.92 Å². The molecule has 8 nitrogen and oxygen atoms in total. The van der Waals surface area contributed by atoms with Crippen LogP contribution in [-0.4, -0.2) is 64.4 Å². The lowest BCUT2D eigenvalue weighted by Crippen LogP contribution is -2.41. The Morgan fingerprint density at radius 1 is 1.38 bits per heavy atom. The monoisotopic (exact) mass is 600 g/mol. The van der Waals surface area contributed by atoms with Crippen molar-refractivity contribution in [2.75, 3.05) is 19.7 Å². The second-order valence-electron chi connectivity index (χ2n) is 8.67. The van der Waals surface area contributed by atoms with E-state index in [9.17, 15) is 22.8 Å². The van der Waals surface area contributed by atoms with Crippen LogP contribution in [0.3, 0.4) is 0 Å². The maximum atomic E-state index is 14.4. The molecule has 1 aromatic carbocycles. The second-order valence-corrected chi connectivity index (χ2v) is 10.4. The number of benzene rings is 1. The fraction of sp³-hybridized carbons (Fsp3) is 0.417. The molecule has 37 heavy (non-hydrogen) atoms. The van der Waals surface area contributed by atoms with Gasteiger partial charge in [-0.05, 0) is 31.0 Å². The summed E-state index contributed by atoms with van der Waals surface area (Å²) >= 11 is 4.65. The van der Waals surface area contributed by atoms with Crippen LogP contribution in [0.15, 0.2) is 50.5 Å². The Kier molecular flexibility index (Phi) is 8.34. The molecule has 2 aromatic rings. The van der Waals surface area contributed by atoms with Gasteiger partial charge in [0, 0.05) is 47.2 Å². The number of aliphatic carboxylic acids is 1. The number of carboxylic acids is 1. The fourth-order valence-electron chi connectivity index (χ4n) is 4.49. The number of carboxylic acid groups (broad SMARTS) is 1. The first-order valence-corrected chi connectivity index (χ1v) is 13.2. The second kappa shape index (κ2) is 11.3. The van der Waals surface area contributed by atoms with Gasteiger partial charge >= 0.3 is 11.9 Å². The van der Waals surface area contributed by atoms with Crippen molar-refractivity contribution in [1.29, 1.82) is 0 Å². The topological polar surface area (TPSA) is 104 Å². The van der Waals surface area contributed by atoms with Crippen LogP contribution in [0.25, 0.3) is 0 Å². The Morgan fingerprint density at radius 3 is 2.81 bits per heavy atom. The van der Waals surface area contributed by atoms with Crippen LogP contribution in [0, 0.1) is 5.82 Å². The van der Waals surface area contributed by atoms with E-state index in [1.807, 2.05) is 0 Å². The number of ether oxygens (including phenoxy) is 1. The van der Waals surface area contributed by atoms with Crippen LogP contribution in [0.1, 0.15) is 42.8 Å². The fourth-order valence-corrected chi connectivity index (χ4v) is 5.65. The van der Waals surface area contributed by atoms with Crippen LogP contribution in [-0.2, 0) is 14.3 Å². The molecule has 0 aliphatic carbocycles. The minimum atomic E-state index is -3.01. The molecule has 4 rings (SSSR count). The number of halogens is 4. The minimum absolute atomic E-state index is 0.0350. The van der Waals surface area contributed by atoms with Gasteiger partial charge in [0.15, 0.2) is 10.8 Å². The molecular weight excluding hydrogens is 577 g/mol. The van der Waals surface area contributed by atoms with E-state index in [2.05, 4.69) is 26.2 Å². The number of aromatic nitrogens is 1. The summed E-state index contributed by atoms with van der Waals surface area (Å²) in [7, 11) is 0. The number of carbonyl (C=O) groups excluding carboxylic acids is 1. The van der Waals surface area contributed by atoms with Crippen molar-refractivity contribution in [3.8, 4) is 0 Å². The summed E-state index contributed by atoms with van der Waals surface area (Å²) in [5.74, 6) is -4.94. The molecular formula is C24H24BrF3N4O4S. The van der Waals surface area contributed by atoms with Gasteiger partial charge < -0.3 is 15.2 Å². The zero-order valence-electron chi connectivity index (χ0n) is 19.7. The molecule has 2 aliphatic heterocycles. The summed E-state index contributed by atoms with van der Waals surface area (Å²) in [5, 5.41) is 14.4. The Labute approximate surface area is 223 Å². The van der Waals surface area contributed by atoms with Crippen molar-refractivity contribution in [1.82, 2.24) is 15.2 Å². The first kappa shape index (κ1) is 27.3. The molecule has 1 fully saturated rings. The zero-order chi connectivity index (χ0) is 26.7. The third-order valence-electron chi connectivity index (χ3n) is 6.05. The Balaban J connectivity index is 1.80. The molecule has 2 N–H and O–H groups in total. The SMILES string of the molecule is CCOC(=O)C1=C(CN2CC(F)(F)CC2CCC(=O)O)NC(c2nccs2)=N[C@H]1c1ccc(F)cc1Br. The van der Waals surface area contributed by atoms with Gasteiger partial charge in [-0.1, -0.05) is 22.0 Å². The Morgan fingerprint density at radius 2 is 2.16 bits per heavy atom. The van der Waals surface area contributed by atoms with Crippen LogP contribution >= 0.6 is 27.3 Å². The highest BCUT2D eigenvalue weighted by Crippen LogP contribution is 2.39. The van der Waals surface area contributed by atoms with Crippen molar-refractivity contribution in [2.24, 2.45) is 4.99 Å². The van der Waals surface area contributed by atoms with E-state index in [0.29, 0.717) is 20.9 Å². The smallest absolute Gasteiger partial charge is 0.338 e. The molecule has 0 saturated carbocycles. The largest absolute Gasteiger partial charge is 0.481 e. The number of nitrogens with zero attached hydrogens (tertiary/aromatic N) is 3. The van der Waals surface area contributed by atoms with Crippen LogP contribution in [0.2, 0.25) is 0 Å². The van der Waals surface area contributed by atoms with Gasteiger partial charge in [-0.3, -0.25) is 14.7 Å². The zero-order valence-corrected chi connectivity index (χ0v) is 22.1. The number of hydrogen-bond donors (Lipinski definition) is 2. The van der Waals surface area contributed by atoms with Gasteiger partial charge in [-0.2, -0.15) is 0 Å². The summed E-state index contributed by atoms with van der Waals surface area (Å²) in [6.07, 6.45) is 0.877. The lowest BCUT2D eigenvalue weighted by molar-refractivity contribution is -0.139. The number of nitrogens with one attached hydrogen (secondary N) is 1. The first-order chi connectivity index (χ1) is 17.6. The Hall–Kier alpha value is -2.77. The highest BCUT2D eigenvalue weighted by atomic mass is 79.9. The number of carbonyl (C=O) groups is 2. The lowest BCUT2D eigenvalue weighted by Gasteiger charge is -2.31. The van der Waals surface area contributed by atoms with Crippen molar-refractivity contribution < 1.29 is 32.6 Å². The van der Waals surface area contributed by atoms with E-state index in [1.54, 1.807) is 18.5 Å². The number of esters is 1. The first-order valence-electron chi connectivity index (χ1n) is 11.5. The summed E-state index contributed by atoms with van der Waals surface area (Å²) in [5.41, 5.74) is 0.867. The minimum Gasteiger partial charge on any atom is -0.481 e. The van der Waals surface area contributed by atoms with E-state index in [-0.39, 0.29) is 37.3 Å².